The van der Waals surface area contributed by atoms with E-state index >= 15 is 0 Å². The SMILES string of the molecule is NC(=O)c1cc(N2CCC[C@@H](F)C2)c2c(n1)CN(Cc1ccnc(C(F)(F)F)c1)CC2. The van der Waals surface area contributed by atoms with Crippen molar-refractivity contribution in [2.75, 3.05) is 24.5 Å². The molecule has 166 valence electrons. The highest BCUT2D eigenvalue weighted by molar-refractivity contribution is 5.92. The maximum Gasteiger partial charge on any atom is 0.433 e. The van der Waals surface area contributed by atoms with Gasteiger partial charge in [0.05, 0.1) is 5.69 Å². The van der Waals surface area contributed by atoms with E-state index in [2.05, 4.69) is 9.97 Å². The minimum absolute atomic E-state index is 0.111. The molecule has 6 nitrogen and oxygen atoms in total. The zero-order chi connectivity index (χ0) is 22.2. The molecule has 0 spiro atoms. The molecular weight excluding hydrogens is 414 g/mol. The lowest BCUT2D eigenvalue weighted by Gasteiger charge is -2.36. The Morgan fingerprint density at radius 1 is 1.26 bits per heavy atom. The number of hydrogen-bond acceptors (Lipinski definition) is 5. The lowest BCUT2D eigenvalue weighted by molar-refractivity contribution is -0.141. The van der Waals surface area contributed by atoms with Crippen LogP contribution in [0.25, 0.3) is 0 Å². The number of pyridine rings is 2. The van der Waals surface area contributed by atoms with Crippen LogP contribution in [0.5, 0.6) is 0 Å². The van der Waals surface area contributed by atoms with Crippen LogP contribution < -0.4 is 10.6 Å². The monoisotopic (exact) mass is 437 g/mol. The van der Waals surface area contributed by atoms with Gasteiger partial charge in [-0.2, -0.15) is 13.2 Å². The number of fused-ring (bicyclic) bond motifs is 1. The zero-order valence-electron chi connectivity index (χ0n) is 16.8. The number of aromatic nitrogens is 2. The summed E-state index contributed by atoms with van der Waals surface area (Å²) < 4.78 is 52.8. The predicted molar refractivity (Wildman–Crippen MR) is 106 cm³/mol. The summed E-state index contributed by atoms with van der Waals surface area (Å²) in [6.07, 6.45) is -2.43. The predicted octanol–water partition coefficient (Wildman–Crippen LogP) is 3.09. The van der Waals surface area contributed by atoms with Crippen molar-refractivity contribution in [3.63, 3.8) is 0 Å². The Labute approximate surface area is 177 Å². The fourth-order valence-electron chi connectivity index (χ4n) is 4.25. The molecule has 0 aromatic carbocycles. The van der Waals surface area contributed by atoms with Gasteiger partial charge in [0, 0.05) is 44.6 Å². The zero-order valence-corrected chi connectivity index (χ0v) is 16.8. The first kappa shape index (κ1) is 21.5. The van der Waals surface area contributed by atoms with Crippen LogP contribution in [0.1, 0.15) is 45.8 Å². The minimum atomic E-state index is -4.50. The standard InChI is InChI=1S/C21H23F4N5O/c22-14-2-1-6-30(11-14)18-9-16(20(26)31)28-17-12-29(7-4-15(17)18)10-13-3-5-27-19(8-13)21(23,24)25/h3,5,8-9,14H,1-2,4,6-7,10-12H2,(H2,26,31)/t14-/m1/s1. The molecule has 31 heavy (non-hydrogen) atoms. The summed E-state index contributed by atoms with van der Waals surface area (Å²) in [5.41, 5.74) is 7.53. The number of carbonyl (C=O) groups excluding carboxylic acids is 1. The van der Waals surface area contributed by atoms with Gasteiger partial charge in [-0.05, 0) is 48.6 Å². The molecule has 2 aromatic rings. The summed E-state index contributed by atoms with van der Waals surface area (Å²) in [6.45, 7) is 2.21. The number of primary amides is 1. The number of anilines is 1. The van der Waals surface area contributed by atoms with Crippen molar-refractivity contribution >= 4 is 11.6 Å². The number of rotatable bonds is 4. The molecule has 0 bridgehead atoms. The number of nitrogens with two attached hydrogens (primary N) is 1. The van der Waals surface area contributed by atoms with Crippen LogP contribution >= 0.6 is 0 Å². The van der Waals surface area contributed by atoms with E-state index in [1.807, 2.05) is 9.80 Å². The molecule has 0 saturated carbocycles. The van der Waals surface area contributed by atoms with Gasteiger partial charge in [-0.3, -0.25) is 14.7 Å². The summed E-state index contributed by atoms with van der Waals surface area (Å²) in [6, 6.07) is 4.23. The Morgan fingerprint density at radius 2 is 2.06 bits per heavy atom. The molecule has 1 fully saturated rings. The number of carbonyl (C=O) groups is 1. The molecule has 1 atom stereocenters. The number of halogens is 4. The summed E-state index contributed by atoms with van der Waals surface area (Å²) >= 11 is 0. The summed E-state index contributed by atoms with van der Waals surface area (Å²) in [7, 11) is 0. The van der Waals surface area contributed by atoms with Crippen LogP contribution in [0, 0.1) is 0 Å². The van der Waals surface area contributed by atoms with Crippen molar-refractivity contribution in [3.8, 4) is 0 Å². The molecule has 4 heterocycles. The first-order valence-electron chi connectivity index (χ1n) is 10.2. The van der Waals surface area contributed by atoms with Crippen molar-refractivity contribution in [2.24, 2.45) is 5.73 Å². The number of hydrogen-bond donors (Lipinski definition) is 1. The lowest BCUT2D eigenvalue weighted by Crippen LogP contribution is -2.39. The lowest BCUT2D eigenvalue weighted by atomic mass is 9.98. The second-order valence-electron chi connectivity index (χ2n) is 8.01. The van der Waals surface area contributed by atoms with Crippen LogP contribution in [0.3, 0.4) is 0 Å². The number of nitrogens with zero attached hydrogens (tertiary/aromatic N) is 4. The topological polar surface area (TPSA) is 75.4 Å². The van der Waals surface area contributed by atoms with E-state index in [1.54, 1.807) is 12.1 Å². The average Bonchev–Trinajstić information content (AvgIpc) is 2.72. The Bertz CT molecular complexity index is 981. The Balaban J connectivity index is 1.59. The van der Waals surface area contributed by atoms with Crippen LogP contribution in [-0.4, -0.2) is 46.6 Å². The highest BCUT2D eigenvalue weighted by atomic mass is 19.4. The van der Waals surface area contributed by atoms with Crippen molar-refractivity contribution < 1.29 is 22.4 Å². The van der Waals surface area contributed by atoms with Crippen molar-refractivity contribution in [2.45, 2.75) is 44.7 Å². The van der Waals surface area contributed by atoms with E-state index in [0.717, 1.165) is 29.9 Å². The van der Waals surface area contributed by atoms with E-state index in [0.29, 0.717) is 50.3 Å². The first-order valence-corrected chi connectivity index (χ1v) is 10.2. The minimum Gasteiger partial charge on any atom is -0.368 e. The third-order valence-corrected chi connectivity index (χ3v) is 5.72. The third-order valence-electron chi connectivity index (χ3n) is 5.72. The maximum atomic E-state index is 14.0. The van der Waals surface area contributed by atoms with E-state index < -0.39 is 23.9 Å². The van der Waals surface area contributed by atoms with Crippen LogP contribution in [0.2, 0.25) is 0 Å². The van der Waals surface area contributed by atoms with Crippen molar-refractivity contribution in [1.82, 2.24) is 14.9 Å². The first-order chi connectivity index (χ1) is 14.7. The summed E-state index contributed by atoms with van der Waals surface area (Å²) in [5, 5.41) is 0. The molecule has 1 amide bonds. The van der Waals surface area contributed by atoms with Gasteiger partial charge >= 0.3 is 6.18 Å². The van der Waals surface area contributed by atoms with E-state index in [9.17, 15) is 22.4 Å². The summed E-state index contributed by atoms with van der Waals surface area (Å²) in [4.78, 5) is 23.5. The molecular formula is C21H23F4N5O. The van der Waals surface area contributed by atoms with Crippen LogP contribution in [0.4, 0.5) is 23.2 Å². The fraction of sp³-hybridized carbons (Fsp3) is 0.476. The Hall–Kier alpha value is -2.75. The third kappa shape index (κ3) is 4.79. The average molecular weight is 437 g/mol. The number of alkyl halides is 4. The van der Waals surface area contributed by atoms with Gasteiger partial charge in [0.15, 0.2) is 0 Å². The summed E-state index contributed by atoms with van der Waals surface area (Å²) in [5.74, 6) is -0.668. The molecule has 10 heteroatoms. The van der Waals surface area contributed by atoms with Crippen molar-refractivity contribution in [3.05, 3.63) is 52.6 Å². The second kappa shape index (κ2) is 8.41. The van der Waals surface area contributed by atoms with Gasteiger partial charge in [-0.25, -0.2) is 9.37 Å². The fourth-order valence-corrected chi connectivity index (χ4v) is 4.25. The Morgan fingerprint density at radius 3 is 2.77 bits per heavy atom. The largest absolute Gasteiger partial charge is 0.433 e. The molecule has 2 aromatic heterocycles. The van der Waals surface area contributed by atoms with E-state index in [1.165, 1.54) is 0 Å². The van der Waals surface area contributed by atoms with Crippen LogP contribution in [0.15, 0.2) is 24.4 Å². The van der Waals surface area contributed by atoms with Gasteiger partial charge < -0.3 is 10.6 Å². The Kier molecular flexibility index (Phi) is 5.83. The van der Waals surface area contributed by atoms with E-state index in [-0.39, 0.29) is 12.2 Å². The van der Waals surface area contributed by atoms with E-state index in [4.69, 9.17) is 5.73 Å². The van der Waals surface area contributed by atoms with Crippen molar-refractivity contribution in [1.29, 1.82) is 0 Å². The molecule has 2 aliphatic rings. The quantitative estimate of drug-likeness (QED) is 0.744. The molecule has 0 unspecified atom stereocenters. The number of amides is 1. The molecule has 4 rings (SSSR count). The molecule has 2 aliphatic heterocycles. The van der Waals surface area contributed by atoms with Gasteiger partial charge in [0.2, 0.25) is 0 Å². The van der Waals surface area contributed by atoms with Gasteiger partial charge in [0.1, 0.15) is 17.6 Å². The van der Waals surface area contributed by atoms with Gasteiger partial charge in [-0.15, -0.1) is 0 Å². The molecule has 0 aliphatic carbocycles. The van der Waals surface area contributed by atoms with Gasteiger partial charge in [-0.1, -0.05) is 0 Å². The van der Waals surface area contributed by atoms with Gasteiger partial charge in [0.25, 0.3) is 5.91 Å². The highest BCUT2D eigenvalue weighted by Gasteiger charge is 2.33. The van der Waals surface area contributed by atoms with Crippen LogP contribution in [-0.2, 0) is 25.7 Å². The number of piperidine rings is 1. The normalized spacial score (nSPS) is 19.9. The highest BCUT2D eigenvalue weighted by Crippen LogP contribution is 2.32. The molecule has 0 radical (unpaired) electrons. The smallest absolute Gasteiger partial charge is 0.368 e. The maximum absolute atomic E-state index is 14.0. The second-order valence-corrected chi connectivity index (χ2v) is 8.01. The molecule has 1 saturated heterocycles. The molecule has 2 N–H and O–H groups in total.